The van der Waals surface area contributed by atoms with Gasteiger partial charge in [0, 0.05) is 19.8 Å². The fourth-order valence-electron chi connectivity index (χ4n) is 3.43. The molecular weight excluding hydrogens is 388 g/mol. The quantitative estimate of drug-likeness (QED) is 0.379. The van der Waals surface area contributed by atoms with Gasteiger partial charge in [-0.1, -0.05) is 42.5 Å². The zero-order valence-corrected chi connectivity index (χ0v) is 16.1. The Kier molecular flexibility index (Phi) is 5.75. The van der Waals surface area contributed by atoms with Crippen LogP contribution >= 0.6 is 7.60 Å². The molecule has 3 nitrogen and oxygen atoms in total. The van der Waals surface area contributed by atoms with E-state index in [0.717, 1.165) is 0 Å². The van der Waals surface area contributed by atoms with Crippen molar-refractivity contribution < 1.29 is 26.8 Å². The van der Waals surface area contributed by atoms with Gasteiger partial charge in [-0.05, 0) is 41.5 Å². The summed E-state index contributed by atoms with van der Waals surface area (Å²) in [4.78, 5) is 0. The van der Waals surface area contributed by atoms with Crippen molar-refractivity contribution in [3.63, 3.8) is 0 Å². The summed E-state index contributed by atoms with van der Waals surface area (Å²) in [6.07, 6.45) is 0. The number of hydrogen-bond acceptors (Lipinski definition) is 3. The molecule has 0 saturated carbocycles. The van der Waals surface area contributed by atoms with Crippen LogP contribution in [-0.4, -0.2) is 14.2 Å². The van der Waals surface area contributed by atoms with Gasteiger partial charge in [0.1, 0.15) is 22.6 Å². The van der Waals surface area contributed by atoms with Gasteiger partial charge >= 0.3 is 7.60 Å². The molecule has 28 heavy (non-hydrogen) atoms. The lowest BCUT2D eigenvalue weighted by Gasteiger charge is -2.39. The van der Waals surface area contributed by atoms with Gasteiger partial charge in [0.15, 0.2) is 0 Å². The van der Waals surface area contributed by atoms with Crippen LogP contribution in [0.2, 0.25) is 0 Å². The fraction of sp³-hybridized carbons (Fsp3) is 0.143. The zero-order valence-electron chi connectivity index (χ0n) is 15.2. The third-order valence-corrected chi connectivity index (χ3v) is 7.22. The van der Waals surface area contributed by atoms with Gasteiger partial charge in [0.25, 0.3) is 0 Å². The van der Waals surface area contributed by atoms with Crippen molar-refractivity contribution in [2.45, 2.75) is 5.16 Å². The number of halogens is 3. The Morgan fingerprint density at radius 3 is 1.54 bits per heavy atom. The van der Waals surface area contributed by atoms with Crippen molar-refractivity contribution in [2.24, 2.45) is 0 Å². The fourth-order valence-corrected chi connectivity index (χ4v) is 5.53. The van der Waals surface area contributed by atoms with E-state index in [9.17, 15) is 13.3 Å². The average Bonchev–Trinajstić information content (AvgIpc) is 2.71. The van der Waals surface area contributed by atoms with Gasteiger partial charge in [0.2, 0.25) is 0 Å². The summed E-state index contributed by atoms with van der Waals surface area (Å²) in [6.45, 7) is 0. The molecule has 0 bridgehead atoms. The van der Waals surface area contributed by atoms with Gasteiger partial charge in [-0.15, -0.1) is 0 Å². The minimum Gasteiger partial charge on any atom is -0.311 e. The Morgan fingerprint density at radius 2 is 1.14 bits per heavy atom. The monoisotopic (exact) mass is 406 g/mol. The molecule has 3 aromatic carbocycles. The van der Waals surface area contributed by atoms with E-state index >= 15 is 4.39 Å². The Labute approximate surface area is 161 Å². The minimum atomic E-state index is -4.13. The van der Waals surface area contributed by atoms with Gasteiger partial charge < -0.3 is 9.05 Å². The first-order chi connectivity index (χ1) is 13.4. The zero-order chi connectivity index (χ0) is 20.4. The molecule has 3 rings (SSSR count). The molecule has 0 fully saturated rings. The first kappa shape index (κ1) is 20.3. The lowest BCUT2D eigenvalue weighted by Crippen LogP contribution is -2.32. The molecule has 0 aliphatic carbocycles. The highest BCUT2D eigenvalue weighted by atomic mass is 31.2. The van der Waals surface area contributed by atoms with Crippen molar-refractivity contribution in [3.05, 3.63) is 107 Å². The van der Waals surface area contributed by atoms with E-state index < -0.39 is 30.2 Å². The average molecular weight is 406 g/mol. The van der Waals surface area contributed by atoms with Crippen LogP contribution < -0.4 is 0 Å². The normalized spacial score (nSPS) is 12.2. The van der Waals surface area contributed by atoms with Crippen molar-refractivity contribution in [2.75, 3.05) is 14.2 Å². The highest BCUT2D eigenvalue weighted by molar-refractivity contribution is 7.55. The van der Waals surface area contributed by atoms with Gasteiger partial charge in [0.05, 0.1) is 0 Å². The number of benzene rings is 3. The first-order valence-electron chi connectivity index (χ1n) is 8.37. The van der Waals surface area contributed by atoms with E-state index in [2.05, 4.69) is 0 Å². The summed E-state index contributed by atoms with van der Waals surface area (Å²) in [5, 5.41) is -1.79. The molecule has 0 spiro atoms. The maximum Gasteiger partial charge on any atom is 0.349 e. The first-order valence-corrected chi connectivity index (χ1v) is 9.92. The van der Waals surface area contributed by atoms with Crippen LogP contribution in [0.3, 0.4) is 0 Å². The maximum atomic E-state index is 15.0. The predicted octanol–water partition coefficient (Wildman–Crippen LogP) is 5.88. The van der Waals surface area contributed by atoms with Crippen LogP contribution in [0.1, 0.15) is 16.7 Å². The molecule has 146 valence electrons. The van der Waals surface area contributed by atoms with E-state index in [4.69, 9.17) is 9.05 Å². The molecule has 0 aromatic heterocycles. The molecule has 0 N–H and O–H groups in total. The third-order valence-electron chi connectivity index (χ3n) is 4.68. The molecule has 7 heteroatoms. The summed E-state index contributed by atoms with van der Waals surface area (Å²) in [6, 6.07) is 16.0. The standard InChI is InChI=1S/C21H18F3O3P/c1-26-28(25,27-2)21(15-7-11-17(22)12-8-15,16-9-13-18(23)14-10-16)19-5-3-4-6-20(19)24/h3-14H,1-2H3. The summed E-state index contributed by atoms with van der Waals surface area (Å²) < 4.78 is 66.8. The topological polar surface area (TPSA) is 35.5 Å². The third kappa shape index (κ3) is 3.18. The predicted molar refractivity (Wildman–Crippen MR) is 101 cm³/mol. The van der Waals surface area contributed by atoms with Crippen LogP contribution in [0.25, 0.3) is 0 Å². The molecule has 0 atom stereocenters. The smallest absolute Gasteiger partial charge is 0.311 e. The van der Waals surface area contributed by atoms with Crippen LogP contribution in [0.5, 0.6) is 0 Å². The molecule has 0 aliphatic rings. The largest absolute Gasteiger partial charge is 0.349 e. The molecule has 0 heterocycles. The summed E-state index contributed by atoms with van der Waals surface area (Å²) in [5.74, 6) is -1.70. The molecule has 0 saturated heterocycles. The lowest BCUT2D eigenvalue weighted by atomic mass is 9.83. The second-order valence-corrected chi connectivity index (χ2v) is 8.46. The second kappa shape index (κ2) is 7.92. The highest BCUT2D eigenvalue weighted by Gasteiger charge is 2.55. The summed E-state index contributed by atoms with van der Waals surface area (Å²) >= 11 is 0. The van der Waals surface area contributed by atoms with Crippen LogP contribution in [0.15, 0.2) is 72.8 Å². The van der Waals surface area contributed by atoms with Crippen LogP contribution in [0, 0.1) is 17.5 Å². The van der Waals surface area contributed by atoms with Gasteiger partial charge in [-0.25, -0.2) is 13.2 Å². The van der Waals surface area contributed by atoms with E-state index in [0.29, 0.717) is 0 Å². The second-order valence-electron chi connectivity index (χ2n) is 6.07. The van der Waals surface area contributed by atoms with Gasteiger partial charge in [-0.2, -0.15) is 0 Å². The Bertz CT molecular complexity index is 951. The van der Waals surface area contributed by atoms with E-state index in [1.54, 1.807) is 6.07 Å². The SMILES string of the molecule is COP(=O)(OC)C(c1ccc(F)cc1)(c1ccc(F)cc1)c1ccccc1F. The molecule has 3 aromatic rings. The van der Waals surface area contributed by atoms with Crippen molar-refractivity contribution in [3.8, 4) is 0 Å². The van der Waals surface area contributed by atoms with E-state index in [1.165, 1.54) is 80.9 Å². The van der Waals surface area contributed by atoms with Crippen LogP contribution in [0.4, 0.5) is 13.2 Å². The summed E-state index contributed by atoms with van der Waals surface area (Å²) in [7, 11) is -1.76. The summed E-state index contributed by atoms with van der Waals surface area (Å²) in [5.41, 5.74) is 0.551. The molecule has 0 radical (unpaired) electrons. The molecular formula is C21H18F3O3P. The lowest BCUT2D eigenvalue weighted by molar-refractivity contribution is 0.258. The Hall–Kier alpha value is -2.40. The Morgan fingerprint density at radius 1 is 0.714 bits per heavy atom. The van der Waals surface area contributed by atoms with E-state index in [1.807, 2.05) is 0 Å². The maximum absolute atomic E-state index is 15.0. The van der Waals surface area contributed by atoms with E-state index in [-0.39, 0.29) is 16.7 Å². The molecule has 0 unspecified atom stereocenters. The molecule has 0 aliphatic heterocycles. The van der Waals surface area contributed by atoms with Crippen molar-refractivity contribution in [1.29, 1.82) is 0 Å². The number of rotatable bonds is 6. The van der Waals surface area contributed by atoms with Crippen LogP contribution in [-0.2, 0) is 18.8 Å². The van der Waals surface area contributed by atoms with Crippen molar-refractivity contribution >= 4 is 7.60 Å². The van der Waals surface area contributed by atoms with Gasteiger partial charge in [-0.3, -0.25) is 4.57 Å². The molecule has 0 amide bonds. The number of hydrogen-bond donors (Lipinski definition) is 0. The highest BCUT2D eigenvalue weighted by Crippen LogP contribution is 2.70. The minimum absolute atomic E-state index is 0.000231. The van der Waals surface area contributed by atoms with Crippen molar-refractivity contribution in [1.82, 2.24) is 0 Å². The Balaban J connectivity index is 2.52.